The van der Waals surface area contributed by atoms with E-state index in [2.05, 4.69) is 26.2 Å². The summed E-state index contributed by atoms with van der Waals surface area (Å²) in [6.07, 6.45) is 2.64. The lowest BCUT2D eigenvalue weighted by atomic mass is 10.2. The second-order valence-electron chi connectivity index (χ2n) is 3.87. The van der Waals surface area contributed by atoms with Crippen LogP contribution in [-0.4, -0.2) is 9.55 Å². The van der Waals surface area contributed by atoms with Gasteiger partial charge in [0.1, 0.15) is 5.82 Å². The minimum absolute atomic E-state index is 0.249. The third-order valence-corrected chi connectivity index (χ3v) is 3.18. The molecule has 0 saturated heterocycles. The second-order valence-corrected chi connectivity index (χ2v) is 4.72. The van der Waals surface area contributed by atoms with E-state index in [1.807, 2.05) is 25.1 Å². The van der Waals surface area contributed by atoms with Crippen molar-refractivity contribution in [1.29, 1.82) is 0 Å². The average Bonchev–Trinajstić information content (AvgIpc) is 2.76. The number of hydrogen-bond donors (Lipinski definition) is 1. The van der Waals surface area contributed by atoms with Crippen molar-refractivity contribution in [3.8, 4) is 0 Å². The molecular weight excluding hydrogens is 304 g/mol. The van der Waals surface area contributed by atoms with E-state index in [-0.39, 0.29) is 6.54 Å². The number of aromatic nitrogens is 2. The molecule has 0 bridgehead atoms. The molecule has 3 nitrogen and oxygen atoms in total. The largest absolute Gasteiger partial charge is 0.377 e. The lowest BCUT2D eigenvalue weighted by Gasteiger charge is -2.10. The first-order chi connectivity index (χ1) is 8.58. The Labute approximate surface area is 112 Å². The molecule has 0 radical (unpaired) electrons. The smallest absolute Gasteiger partial charge is 0.319 e. The Hall–Kier alpha value is -1.43. The molecule has 0 aliphatic heterocycles. The summed E-state index contributed by atoms with van der Waals surface area (Å²) in [6.45, 7) is -0.331. The van der Waals surface area contributed by atoms with E-state index in [4.69, 9.17) is 0 Å². The van der Waals surface area contributed by atoms with Crippen LogP contribution in [0.15, 0.2) is 35.1 Å². The van der Waals surface area contributed by atoms with E-state index in [1.54, 1.807) is 0 Å². The van der Waals surface area contributed by atoms with Gasteiger partial charge in [0.25, 0.3) is 0 Å². The van der Waals surface area contributed by atoms with Gasteiger partial charge in [0, 0.05) is 22.6 Å². The zero-order valence-electron chi connectivity index (χ0n) is 9.70. The third kappa shape index (κ3) is 2.87. The number of halogens is 3. The Morgan fingerprint density at radius 2 is 2.22 bits per heavy atom. The lowest BCUT2D eigenvalue weighted by molar-refractivity contribution is 0.0673. The van der Waals surface area contributed by atoms with Crippen LogP contribution in [0.4, 0.5) is 14.5 Å². The predicted octanol–water partition coefficient (Wildman–Crippen LogP) is 3.96. The minimum Gasteiger partial charge on any atom is -0.377 e. The molecule has 2 rings (SSSR count). The van der Waals surface area contributed by atoms with Crippen molar-refractivity contribution in [1.82, 2.24) is 9.55 Å². The van der Waals surface area contributed by atoms with Crippen molar-refractivity contribution in [3.05, 3.63) is 46.5 Å². The molecule has 1 aromatic heterocycles. The summed E-state index contributed by atoms with van der Waals surface area (Å²) >= 11 is 3.42. The number of nitrogens with zero attached hydrogens (tertiary/aromatic N) is 2. The van der Waals surface area contributed by atoms with E-state index < -0.39 is 6.55 Å². The molecule has 18 heavy (non-hydrogen) atoms. The minimum atomic E-state index is -2.56. The van der Waals surface area contributed by atoms with E-state index in [9.17, 15) is 8.78 Å². The number of aryl methyl sites for hydroxylation is 1. The Morgan fingerprint density at radius 1 is 1.44 bits per heavy atom. The number of hydrogen-bond acceptors (Lipinski definition) is 2. The van der Waals surface area contributed by atoms with Crippen LogP contribution in [0.25, 0.3) is 0 Å². The van der Waals surface area contributed by atoms with Gasteiger partial charge in [0.15, 0.2) is 0 Å². The van der Waals surface area contributed by atoms with Gasteiger partial charge in [-0.05, 0) is 40.5 Å². The fourth-order valence-electron chi connectivity index (χ4n) is 1.60. The highest BCUT2D eigenvalue weighted by molar-refractivity contribution is 9.10. The summed E-state index contributed by atoms with van der Waals surface area (Å²) in [4.78, 5) is 3.90. The number of anilines is 1. The summed E-state index contributed by atoms with van der Waals surface area (Å²) in [5.74, 6) is 0.303. The number of benzene rings is 1. The summed E-state index contributed by atoms with van der Waals surface area (Å²) in [7, 11) is 0. The van der Waals surface area contributed by atoms with Gasteiger partial charge in [-0.25, -0.2) is 4.98 Å². The van der Waals surface area contributed by atoms with E-state index in [0.29, 0.717) is 5.82 Å². The maximum Gasteiger partial charge on any atom is 0.319 e. The molecule has 0 amide bonds. The number of alkyl halides is 2. The van der Waals surface area contributed by atoms with Crippen LogP contribution >= 0.6 is 15.9 Å². The second kappa shape index (κ2) is 5.48. The molecule has 0 spiro atoms. The monoisotopic (exact) mass is 315 g/mol. The van der Waals surface area contributed by atoms with Crippen molar-refractivity contribution >= 4 is 21.6 Å². The highest BCUT2D eigenvalue weighted by Crippen LogP contribution is 2.24. The number of rotatable bonds is 4. The topological polar surface area (TPSA) is 29.9 Å². The molecule has 1 aromatic carbocycles. The highest BCUT2D eigenvalue weighted by Gasteiger charge is 2.11. The van der Waals surface area contributed by atoms with Gasteiger partial charge >= 0.3 is 6.55 Å². The van der Waals surface area contributed by atoms with E-state index in [1.165, 1.54) is 12.4 Å². The van der Waals surface area contributed by atoms with Gasteiger partial charge in [0.05, 0.1) is 6.54 Å². The third-order valence-electron chi connectivity index (χ3n) is 2.52. The van der Waals surface area contributed by atoms with Gasteiger partial charge < -0.3 is 5.32 Å². The maximum atomic E-state index is 12.6. The Balaban J connectivity index is 2.09. The molecule has 1 N–H and O–H groups in total. The molecule has 0 atom stereocenters. The standard InChI is InChI=1S/C12H12BrF2N3/c1-8-2-3-10(9(13)6-8)17-7-11-16-4-5-18(11)12(14)15/h2-6,12,17H,7H2,1H3. The van der Waals surface area contributed by atoms with Crippen molar-refractivity contribution < 1.29 is 8.78 Å². The zero-order chi connectivity index (χ0) is 13.1. The maximum absolute atomic E-state index is 12.6. The summed E-state index contributed by atoms with van der Waals surface area (Å²) in [5.41, 5.74) is 1.98. The summed E-state index contributed by atoms with van der Waals surface area (Å²) in [5, 5.41) is 3.07. The number of nitrogens with one attached hydrogen (secondary N) is 1. The molecular formula is C12H12BrF2N3. The quantitative estimate of drug-likeness (QED) is 0.925. The predicted molar refractivity (Wildman–Crippen MR) is 69.7 cm³/mol. The van der Waals surface area contributed by atoms with Gasteiger partial charge in [-0.1, -0.05) is 6.07 Å². The van der Waals surface area contributed by atoms with Crippen LogP contribution in [-0.2, 0) is 6.54 Å². The van der Waals surface area contributed by atoms with Crippen molar-refractivity contribution in [2.75, 3.05) is 5.32 Å². The van der Waals surface area contributed by atoms with Crippen molar-refractivity contribution in [3.63, 3.8) is 0 Å². The van der Waals surface area contributed by atoms with Crippen molar-refractivity contribution in [2.45, 2.75) is 20.0 Å². The van der Waals surface area contributed by atoms with E-state index in [0.717, 1.165) is 20.3 Å². The molecule has 0 aliphatic rings. The van der Waals surface area contributed by atoms with Crippen LogP contribution in [0.3, 0.4) is 0 Å². The van der Waals surface area contributed by atoms with Crippen LogP contribution in [0.1, 0.15) is 17.9 Å². The van der Waals surface area contributed by atoms with Gasteiger partial charge in [-0.3, -0.25) is 4.57 Å². The van der Waals surface area contributed by atoms with Crippen LogP contribution in [0.5, 0.6) is 0 Å². The molecule has 0 aliphatic carbocycles. The Kier molecular flexibility index (Phi) is 3.96. The van der Waals surface area contributed by atoms with Crippen LogP contribution in [0.2, 0.25) is 0 Å². The lowest BCUT2D eigenvalue weighted by Crippen LogP contribution is -2.09. The zero-order valence-corrected chi connectivity index (χ0v) is 11.3. The first-order valence-electron chi connectivity index (χ1n) is 5.38. The number of imidazole rings is 1. The van der Waals surface area contributed by atoms with Gasteiger partial charge in [-0.15, -0.1) is 0 Å². The van der Waals surface area contributed by atoms with Crippen LogP contribution in [0, 0.1) is 6.92 Å². The molecule has 0 unspecified atom stereocenters. The van der Waals surface area contributed by atoms with E-state index >= 15 is 0 Å². The SMILES string of the molecule is Cc1ccc(NCc2nccn2C(F)F)c(Br)c1. The average molecular weight is 316 g/mol. The summed E-state index contributed by atoms with van der Waals surface area (Å²) < 4.78 is 27.0. The highest BCUT2D eigenvalue weighted by atomic mass is 79.9. The molecule has 0 saturated carbocycles. The van der Waals surface area contributed by atoms with Crippen molar-refractivity contribution in [2.24, 2.45) is 0 Å². The molecule has 1 heterocycles. The fourth-order valence-corrected chi connectivity index (χ4v) is 2.23. The fraction of sp³-hybridized carbons (Fsp3) is 0.250. The molecule has 2 aromatic rings. The van der Waals surface area contributed by atoms with Gasteiger partial charge in [-0.2, -0.15) is 8.78 Å². The molecule has 96 valence electrons. The Bertz CT molecular complexity index is 540. The first-order valence-corrected chi connectivity index (χ1v) is 6.17. The Morgan fingerprint density at radius 3 is 2.89 bits per heavy atom. The van der Waals surface area contributed by atoms with Crippen LogP contribution < -0.4 is 5.32 Å². The first kappa shape index (κ1) is 13.0. The van der Waals surface area contributed by atoms with Gasteiger partial charge in [0.2, 0.25) is 0 Å². The normalized spacial score (nSPS) is 10.9. The summed E-state index contributed by atoms with van der Waals surface area (Å²) in [6, 6.07) is 5.81. The molecule has 0 fully saturated rings. The molecule has 6 heteroatoms.